The summed E-state index contributed by atoms with van der Waals surface area (Å²) in [6.07, 6.45) is 1.31. The number of rotatable bonds is 8. The molecular weight excluding hydrogens is 537 g/mol. The Hall–Kier alpha value is -2.23. The lowest BCUT2D eigenvalue weighted by Crippen LogP contribution is -2.39. The van der Waals surface area contributed by atoms with E-state index < -0.39 is 22.5 Å². The highest BCUT2D eigenvalue weighted by atomic mass is 79.9. The number of carbonyl (C=O) groups is 1. The summed E-state index contributed by atoms with van der Waals surface area (Å²) in [6.45, 7) is -0.409. The van der Waals surface area contributed by atoms with Crippen molar-refractivity contribution in [2.24, 2.45) is 5.10 Å². The molecule has 0 atom stereocenters. The Morgan fingerprint density at radius 1 is 0.969 bits per heavy atom. The molecular formula is C22H18BrCl2N3O3S. The van der Waals surface area contributed by atoms with Crippen LogP contribution in [-0.4, -0.2) is 31.4 Å². The van der Waals surface area contributed by atoms with Gasteiger partial charge in [-0.15, -0.1) is 0 Å². The topological polar surface area (TPSA) is 78.8 Å². The molecule has 0 radical (unpaired) electrons. The quantitative estimate of drug-likeness (QED) is 0.311. The highest BCUT2D eigenvalue weighted by Gasteiger charge is 2.27. The molecule has 3 rings (SSSR count). The van der Waals surface area contributed by atoms with Crippen LogP contribution in [0.2, 0.25) is 10.0 Å². The van der Waals surface area contributed by atoms with Crippen molar-refractivity contribution in [2.75, 3.05) is 6.54 Å². The van der Waals surface area contributed by atoms with Crippen molar-refractivity contribution in [2.45, 2.75) is 11.4 Å². The van der Waals surface area contributed by atoms with E-state index in [1.807, 2.05) is 6.07 Å². The minimum Gasteiger partial charge on any atom is -0.272 e. The predicted molar refractivity (Wildman–Crippen MR) is 130 cm³/mol. The van der Waals surface area contributed by atoms with Gasteiger partial charge in [-0.3, -0.25) is 4.79 Å². The fraction of sp³-hybridized carbons (Fsp3) is 0.0909. The van der Waals surface area contributed by atoms with Gasteiger partial charge in [-0.2, -0.15) is 9.41 Å². The number of sulfonamides is 1. The Kier molecular flexibility index (Phi) is 8.44. The molecule has 0 heterocycles. The molecule has 0 aliphatic carbocycles. The lowest BCUT2D eigenvalue weighted by atomic mass is 10.2. The first kappa shape index (κ1) is 24.4. The first-order valence-electron chi connectivity index (χ1n) is 9.33. The van der Waals surface area contributed by atoms with Crippen LogP contribution in [0.5, 0.6) is 0 Å². The van der Waals surface area contributed by atoms with Gasteiger partial charge in [-0.1, -0.05) is 75.5 Å². The molecule has 0 aliphatic rings. The zero-order chi connectivity index (χ0) is 23.1. The van der Waals surface area contributed by atoms with E-state index in [4.69, 9.17) is 23.2 Å². The summed E-state index contributed by atoms with van der Waals surface area (Å²) in [4.78, 5) is 12.6. The summed E-state index contributed by atoms with van der Waals surface area (Å²) in [5.41, 5.74) is 3.52. The summed E-state index contributed by atoms with van der Waals surface area (Å²) in [7, 11) is -3.94. The molecule has 0 fully saturated rings. The van der Waals surface area contributed by atoms with Crippen LogP contribution in [0.25, 0.3) is 0 Å². The molecule has 0 saturated heterocycles. The molecule has 3 aromatic rings. The number of amides is 1. The van der Waals surface area contributed by atoms with Crippen LogP contribution in [0.1, 0.15) is 11.1 Å². The molecule has 0 aliphatic heterocycles. The molecule has 1 N–H and O–H groups in total. The van der Waals surface area contributed by atoms with Gasteiger partial charge in [0, 0.05) is 16.6 Å². The molecule has 10 heteroatoms. The molecule has 166 valence electrons. The van der Waals surface area contributed by atoms with Crippen molar-refractivity contribution in [3.05, 3.63) is 98.4 Å². The van der Waals surface area contributed by atoms with Crippen molar-refractivity contribution in [1.82, 2.24) is 9.73 Å². The standard InChI is InChI=1S/C22H18BrCl2N3O3S/c23-17-9-11-18(12-10-17)32(30,31)28(14-16-5-2-1-3-6-16)15-22(29)27-26-13-19-20(24)7-4-8-21(19)25/h1-13H,14-15H2,(H,27,29)/b26-13-. The van der Waals surface area contributed by atoms with E-state index >= 15 is 0 Å². The van der Waals surface area contributed by atoms with Crippen molar-refractivity contribution < 1.29 is 13.2 Å². The third-order valence-electron chi connectivity index (χ3n) is 4.36. The average Bonchev–Trinajstić information content (AvgIpc) is 2.76. The fourth-order valence-corrected chi connectivity index (χ4v) is 4.91. The third-order valence-corrected chi connectivity index (χ3v) is 7.35. The van der Waals surface area contributed by atoms with Crippen molar-refractivity contribution in [3.8, 4) is 0 Å². The zero-order valence-corrected chi connectivity index (χ0v) is 20.5. The van der Waals surface area contributed by atoms with Crippen LogP contribution in [0.3, 0.4) is 0 Å². The maximum atomic E-state index is 13.2. The largest absolute Gasteiger partial charge is 0.272 e. The molecule has 3 aromatic carbocycles. The summed E-state index contributed by atoms with van der Waals surface area (Å²) < 4.78 is 28.3. The molecule has 0 bridgehead atoms. The number of nitrogens with zero attached hydrogens (tertiary/aromatic N) is 2. The molecule has 0 unspecified atom stereocenters. The second-order valence-corrected chi connectivity index (χ2v) is 10.3. The molecule has 0 saturated carbocycles. The Labute approximate surface area is 205 Å². The van der Waals surface area contributed by atoms with Crippen molar-refractivity contribution in [3.63, 3.8) is 0 Å². The van der Waals surface area contributed by atoms with Gasteiger partial charge in [-0.05, 0) is 42.0 Å². The van der Waals surface area contributed by atoms with Crippen LogP contribution in [0.4, 0.5) is 0 Å². The zero-order valence-electron chi connectivity index (χ0n) is 16.6. The van der Waals surface area contributed by atoms with E-state index in [0.29, 0.717) is 15.6 Å². The lowest BCUT2D eigenvalue weighted by molar-refractivity contribution is -0.121. The monoisotopic (exact) mass is 553 g/mol. The lowest BCUT2D eigenvalue weighted by Gasteiger charge is -2.21. The SMILES string of the molecule is O=C(CN(Cc1ccccc1)S(=O)(=O)c1ccc(Br)cc1)N/N=C\c1c(Cl)cccc1Cl. The first-order valence-corrected chi connectivity index (χ1v) is 12.3. The predicted octanol–water partition coefficient (Wildman–Crippen LogP) is 5.10. The van der Waals surface area contributed by atoms with Gasteiger partial charge in [0.15, 0.2) is 0 Å². The normalized spacial score (nSPS) is 11.8. The van der Waals surface area contributed by atoms with Crippen LogP contribution in [0.15, 0.2) is 87.3 Å². The number of carbonyl (C=O) groups excluding carboxylic acids is 1. The maximum absolute atomic E-state index is 13.2. The summed E-state index contributed by atoms with van der Waals surface area (Å²) >= 11 is 15.5. The van der Waals surface area contributed by atoms with Crippen molar-refractivity contribution >= 4 is 61.3 Å². The Morgan fingerprint density at radius 2 is 1.59 bits per heavy atom. The number of hydrogen-bond donors (Lipinski definition) is 1. The van der Waals surface area contributed by atoms with Gasteiger partial charge < -0.3 is 0 Å². The minimum atomic E-state index is -3.94. The highest BCUT2D eigenvalue weighted by Crippen LogP contribution is 2.22. The van der Waals surface area contributed by atoms with E-state index in [1.165, 1.54) is 18.3 Å². The van der Waals surface area contributed by atoms with Gasteiger partial charge in [0.1, 0.15) is 0 Å². The van der Waals surface area contributed by atoms with Gasteiger partial charge in [-0.25, -0.2) is 13.8 Å². The number of benzene rings is 3. The third kappa shape index (κ3) is 6.40. The van der Waals surface area contributed by atoms with Gasteiger partial charge in [0.2, 0.25) is 10.0 Å². The molecule has 1 amide bonds. The van der Waals surface area contributed by atoms with E-state index in [0.717, 1.165) is 14.3 Å². The summed E-state index contributed by atoms with van der Waals surface area (Å²) in [6, 6.07) is 20.2. The van der Waals surface area contributed by atoms with Gasteiger partial charge in [0.05, 0.1) is 27.7 Å². The Bertz CT molecular complexity index is 1200. The molecule has 6 nitrogen and oxygen atoms in total. The van der Waals surface area contributed by atoms with Crippen LogP contribution in [-0.2, 0) is 21.4 Å². The maximum Gasteiger partial charge on any atom is 0.255 e. The van der Waals surface area contributed by atoms with E-state index in [9.17, 15) is 13.2 Å². The molecule has 32 heavy (non-hydrogen) atoms. The smallest absolute Gasteiger partial charge is 0.255 e. The first-order chi connectivity index (χ1) is 15.3. The van der Waals surface area contributed by atoms with Gasteiger partial charge in [0.25, 0.3) is 5.91 Å². The Balaban J connectivity index is 1.79. The summed E-state index contributed by atoms with van der Waals surface area (Å²) in [5, 5.41) is 4.62. The fourth-order valence-electron chi connectivity index (χ4n) is 2.77. The number of hydrogen-bond acceptors (Lipinski definition) is 4. The second-order valence-electron chi connectivity index (χ2n) is 6.64. The van der Waals surface area contributed by atoms with Gasteiger partial charge >= 0.3 is 0 Å². The molecule has 0 spiro atoms. The number of nitrogens with one attached hydrogen (secondary N) is 1. The van der Waals surface area contributed by atoms with E-state index in [2.05, 4.69) is 26.5 Å². The molecule has 0 aromatic heterocycles. The Morgan fingerprint density at radius 3 is 2.22 bits per heavy atom. The highest BCUT2D eigenvalue weighted by molar-refractivity contribution is 9.10. The van der Waals surface area contributed by atoms with Crippen LogP contribution in [0, 0.1) is 0 Å². The number of halogens is 3. The van der Waals surface area contributed by atoms with E-state index in [-0.39, 0.29) is 11.4 Å². The second kappa shape index (κ2) is 11.1. The van der Waals surface area contributed by atoms with Crippen LogP contribution >= 0.6 is 39.1 Å². The number of hydrazone groups is 1. The average molecular weight is 555 g/mol. The van der Waals surface area contributed by atoms with Crippen molar-refractivity contribution in [1.29, 1.82) is 0 Å². The van der Waals surface area contributed by atoms with E-state index in [1.54, 1.807) is 54.6 Å². The van der Waals surface area contributed by atoms with Crippen LogP contribution < -0.4 is 5.43 Å². The summed E-state index contributed by atoms with van der Waals surface area (Å²) in [5.74, 6) is -0.610. The minimum absolute atomic E-state index is 0.0205.